The van der Waals surface area contributed by atoms with Crippen LogP contribution in [0.25, 0.3) is 10.9 Å². The quantitative estimate of drug-likeness (QED) is 0.732. The van der Waals surface area contributed by atoms with Crippen LogP contribution in [0.1, 0.15) is 18.9 Å². The standard InChI is InChI=1S/C16H14N4O/c1-2-7-20-11-13(10-18-20)21-16-8-12(9-17)14-5-3-4-6-15(14)19-16/h3-6,8,10-11H,2,7H2,1H3. The van der Waals surface area contributed by atoms with Crippen molar-refractivity contribution in [2.75, 3.05) is 0 Å². The molecule has 3 aromatic rings. The number of aromatic nitrogens is 3. The van der Waals surface area contributed by atoms with Gasteiger partial charge in [0.2, 0.25) is 5.88 Å². The molecule has 0 fully saturated rings. The van der Waals surface area contributed by atoms with Gasteiger partial charge in [0.25, 0.3) is 0 Å². The largest absolute Gasteiger partial charge is 0.436 e. The van der Waals surface area contributed by atoms with Crippen LogP contribution in [0.4, 0.5) is 0 Å². The maximum atomic E-state index is 9.25. The number of pyridine rings is 1. The van der Waals surface area contributed by atoms with Gasteiger partial charge in [0.1, 0.15) is 6.07 Å². The molecule has 5 heteroatoms. The zero-order valence-corrected chi connectivity index (χ0v) is 11.7. The third-order valence-electron chi connectivity index (χ3n) is 3.10. The molecule has 0 radical (unpaired) electrons. The lowest BCUT2D eigenvalue weighted by molar-refractivity contribution is 0.463. The number of nitriles is 1. The summed E-state index contributed by atoms with van der Waals surface area (Å²) >= 11 is 0. The second-order valence-electron chi connectivity index (χ2n) is 4.68. The van der Waals surface area contributed by atoms with E-state index >= 15 is 0 Å². The molecule has 0 N–H and O–H groups in total. The average Bonchev–Trinajstić information content (AvgIpc) is 2.94. The first-order valence-corrected chi connectivity index (χ1v) is 6.80. The molecule has 0 unspecified atom stereocenters. The van der Waals surface area contributed by atoms with Gasteiger partial charge in [0.15, 0.2) is 5.75 Å². The van der Waals surface area contributed by atoms with E-state index in [4.69, 9.17) is 4.74 Å². The topological polar surface area (TPSA) is 63.7 Å². The highest BCUT2D eigenvalue weighted by Gasteiger charge is 2.08. The Bertz CT molecular complexity index is 817. The van der Waals surface area contributed by atoms with E-state index < -0.39 is 0 Å². The van der Waals surface area contributed by atoms with Crippen molar-refractivity contribution >= 4 is 10.9 Å². The number of rotatable bonds is 4. The highest BCUT2D eigenvalue weighted by Crippen LogP contribution is 2.25. The summed E-state index contributed by atoms with van der Waals surface area (Å²) in [5.74, 6) is 1.02. The minimum absolute atomic E-state index is 0.404. The van der Waals surface area contributed by atoms with Crippen molar-refractivity contribution in [3.63, 3.8) is 0 Å². The summed E-state index contributed by atoms with van der Waals surface area (Å²) < 4.78 is 7.53. The molecule has 5 nitrogen and oxygen atoms in total. The lowest BCUT2D eigenvalue weighted by Gasteiger charge is -2.05. The molecule has 0 spiro atoms. The third kappa shape index (κ3) is 2.70. The van der Waals surface area contributed by atoms with E-state index in [2.05, 4.69) is 23.1 Å². The van der Waals surface area contributed by atoms with E-state index in [-0.39, 0.29) is 0 Å². The minimum atomic E-state index is 0.404. The zero-order valence-electron chi connectivity index (χ0n) is 11.7. The van der Waals surface area contributed by atoms with Gasteiger partial charge in [-0.3, -0.25) is 4.68 Å². The minimum Gasteiger partial charge on any atom is -0.436 e. The summed E-state index contributed by atoms with van der Waals surface area (Å²) in [6, 6.07) is 11.4. The van der Waals surface area contributed by atoms with Crippen molar-refractivity contribution in [2.45, 2.75) is 19.9 Å². The van der Waals surface area contributed by atoms with E-state index in [0.29, 0.717) is 17.2 Å². The van der Waals surface area contributed by atoms with Crippen molar-refractivity contribution in [3.8, 4) is 17.7 Å². The van der Waals surface area contributed by atoms with Gasteiger partial charge in [-0.2, -0.15) is 10.4 Å². The number of benzene rings is 1. The van der Waals surface area contributed by atoms with Crippen LogP contribution >= 0.6 is 0 Å². The smallest absolute Gasteiger partial charge is 0.221 e. The Labute approximate surface area is 122 Å². The number of ether oxygens (including phenoxy) is 1. The van der Waals surface area contributed by atoms with Crippen LogP contribution in [-0.4, -0.2) is 14.8 Å². The van der Waals surface area contributed by atoms with Crippen LogP contribution in [0.3, 0.4) is 0 Å². The first-order valence-electron chi connectivity index (χ1n) is 6.80. The normalized spacial score (nSPS) is 10.5. The molecule has 104 valence electrons. The van der Waals surface area contributed by atoms with Crippen LogP contribution in [0, 0.1) is 11.3 Å². The van der Waals surface area contributed by atoms with Crippen molar-refractivity contribution < 1.29 is 4.74 Å². The van der Waals surface area contributed by atoms with Crippen molar-refractivity contribution in [3.05, 3.63) is 48.3 Å². The van der Waals surface area contributed by atoms with Crippen molar-refractivity contribution in [1.29, 1.82) is 5.26 Å². The molecule has 3 rings (SSSR count). The van der Waals surface area contributed by atoms with Gasteiger partial charge in [-0.25, -0.2) is 4.98 Å². The lowest BCUT2D eigenvalue weighted by atomic mass is 10.1. The highest BCUT2D eigenvalue weighted by molar-refractivity contribution is 5.85. The molecule has 21 heavy (non-hydrogen) atoms. The van der Waals surface area contributed by atoms with Gasteiger partial charge >= 0.3 is 0 Å². The monoisotopic (exact) mass is 278 g/mol. The van der Waals surface area contributed by atoms with Crippen LogP contribution in [0.15, 0.2) is 42.7 Å². The molecule has 0 amide bonds. The SMILES string of the molecule is CCCn1cc(Oc2cc(C#N)c3ccccc3n2)cn1. The third-order valence-corrected chi connectivity index (χ3v) is 3.10. The van der Waals surface area contributed by atoms with Crippen molar-refractivity contribution in [1.82, 2.24) is 14.8 Å². The lowest BCUT2D eigenvalue weighted by Crippen LogP contribution is -1.95. The average molecular weight is 278 g/mol. The number of hydrogen-bond donors (Lipinski definition) is 0. The molecular weight excluding hydrogens is 264 g/mol. The number of fused-ring (bicyclic) bond motifs is 1. The Morgan fingerprint density at radius 3 is 3.00 bits per heavy atom. The highest BCUT2D eigenvalue weighted by atomic mass is 16.5. The number of nitrogens with zero attached hydrogens (tertiary/aromatic N) is 4. The molecule has 0 aliphatic carbocycles. The predicted octanol–water partition coefficient (Wildman–Crippen LogP) is 3.51. The molecule has 2 aromatic heterocycles. The van der Waals surface area contributed by atoms with Gasteiger partial charge in [-0.05, 0) is 12.5 Å². The van der Waals surface area contributed by atoms with Crippen LogP contribution in [-0.2, 0) is 6.54 Å². The summed E-state index contributed by atoms with van der Waals surface area (Å²) in [5.41, 5.74) is 1.30. The zero-order chi connectivity index (χ0) is 14.7. The van der Waals surface area contributed by atoms with Gasteiger partial charge in [0.05, 0.1) is 23.5 Å². The van der Waals surface area contributed by atoms with Crippen LogP contribution in [0.5, 0.6) is 11.6 Å². The molecule has 2 heterocycles. The second kappa shape index (κ2) is 5.63. The Balaban J connectivity index is 1.95. The molecule has 0 saturated carbocycles. The maximum Gasteiger partial charge on any atom is 0.221 e. The van der Waals surface area contributed by atoms with E-state index in [0.717, 1.165) is 23.9 Å². The van der Waals surface area contributed by atoms with Crippen molar-refractivity contribution in [2.24, 2.45) is 0 Å². The van der Waals surface area contributed by atoms with Gasteiger partial charge in [0, 0.05) is 18.0 Å². The summed E-state index contributed by atoms with van der Waals surface area (Å²) in [6.45, 7) is 2.93. The molecule has 1 aromatic carbocycles. The molecule has 0 bridgehead atoms. The van der Waals surface area contributed by atoms with Gasteiger partial charge in [-0.1, -0.05) is 25.1 Å². The summed E-state index contributed by atoms with van der Waals surface area (Å²) in [7, 11) is 0. The molecule has 0 atom stereocenters. The van der Waals surface area contributed by atoms with E-state index in [1.54, 1.807) is 12.3 Å². The Kier molecular flexibility index (Phi) is 3.52. The molecular formula is C16H14N4O. The maximum absolute atomic E-state index is 9.25. The first kappa shape index (κ1) is 13.1. The number of para-hydroxylation sites is 1. The van der Waals surface area contributed by atoms with Gasteiger partial charge in [-0.15, -0.1) is 0 Å². The number of aryl methyl sites for hydroxylation is 1. The Hall–Kier alpha value is -2.87. The summed E-state index contributed by atoms with van der Waals surface area (Å²) in [5, 5.41) is 14.3. The fourth-order valence-corrected chi connectivity index (χ4v) is 2.17. The molecule has 0 saturated heterocycles. The summed E-state index contributed by atoms with van der Waals surface area (Å²) in [6.07, 6.45) is 4.49. The Morgan fingerprint density at radius 2 is 2.19 bits per heavy atom. The number of hydrogen-bond acceptors (Lipinski definition) is 4. The Morgan fingerprint density at radius 1 is 1.33 bits per heavy atom. The predicted molar refractivity (Wildman–Crippen MR) is 79.1 cm³/mol. The van der Waals surface area contributed by atoms with Gasteiger partial charge < -0.3 is 4.74 Å². The van der Waals surface area contributed by atoms with E-state index in [1.807, 2.05) is 35.1 Å². The fraction of sp³-hybridized carbons (Fsp3) is 0.188. The van der Waals surface area contributed by atoms with E-state index in [9.17, 15) is 5.26 Å². The van der Waals surface area contributed by atoms with Crippen LogP contribution in [0.2, 0.25) is 0 Å². The summed E-state index contributed by atoms with van der Waals surface area (Å²) in [4.78, 5) is 4.42. The van der Waals surface area contributed by atoms with E-state index in [1.165, 1.54) is 0 Å². The molecule has 0 aliphatic heterocycles. The van der Waals surface area contributed by atoms with Crippen LogP contribution < -0.4 is 4.74 Å². The fourth-order valence-electron chi connectivity index (χ4n) is 2.17. The molecule has 0 aliphatic rings. The second-order valence-corrected chi connectivity index (χ2v) is 4.68. The first-order chi connectivity index (χ1) is 10.3.